The molecule has 8 heteroatoms. The monoisotopic (exact) mass is 383 g/mol. The first-order valence-corrected chi connectivity index (χ1v) is 9.01. The number of carbonyl (C=O) groups is 1. The van der Waals surface area contributed by atoms with Crippen molar-refractivity contribution in [2.24, 2.45) is 0 Å². The Hall–Kier alpha value is -3.13. The number of hydrogen-bond donors (Lipinski definition) is 1. The van der Waals surface area contributed by atoms with Gasteiger partial charge in [-0.1, -0.05) is 18.2 Å². The molecule has 0 aliphatic rings. The van der Waals surface area contributed by atoms with Crippen molar-refractivity contribution in [1.29, 1.82) is 0 Å². The standard InChI is InChI=1S/C19H17N3O4S/c1-12(27-17-7-3-5-13-6-4-10-20-18(13)17)19(23)21-15-11-14(22(24)25)8-9-16(15)26-2/h3-12H,1-2H3,(H,21,23). The first-order valence-electron chi connectivity index (χ1n) is 8.13. The second kappa shape index (κ2) is 8.05. The number of amides is 1. The van der Waals surface area contributed by atoms with Crippen LogP contribution >= 0.6 is 11.8 Å². The lowest BCUT2D eigenvalue weighted by atomic mass is 10.2. The molecular formula is C19H17N3O4S. The summed E-state index contributed by atoms with van der Waals surface area (Å²) in [6, 6.07) is 13.7. The first-order chi connectivity index (χ1) is 13.0. The lowest BCUT2D eigenvalue weighted by molar-refractivity contribution is -0.384. The van der Waals surface area contributed by atoms with Crippen LogP contribution in [-0.4, -0.2) is 28.2 Å². The van der Waals surface area contributed by atoms with Crippen LogP contribution in [0.5, 0.6) is 5.75 Å². The van der Waals surface area contributed by atoms with Gasteiger partial charge in [-0.25, -0.2) is 0 Å². The number of nitro groups is 1. The maximum absolute atomic E-state index is 12.6. The predicted molar refractivity (Wildman–Crippen MR) is 105 cm³/mol. The molecule has 3 aromatic rings. The Bertz CT molecular complexity index is 1000. The number of anilines is 1. The Labute approximate surface area is 159 Å². The van der Waals surface area contributed by atoms with Crippen LogP contribution in [0.3, 0.4) is 0 Å². The second-order valence-electron chi connectivity index (χ2n) is 5.72. The molecule has 1 unspecified atom stereocenters. The van der Waals surface area contributed by atoms with Gasteiger partial charge in [0.2, 0.25) is 5.91 Å². The molecule has 0 saturated heterocycles. The second-order valence-corrected chi connectivity index (χ2v) is 7.10. The van der Waals surface area contributed by atoms with E-state index in [2.05, 4.69) is 10.3 Å². The highest BCUT2D eigenvalue weighted by molar-refractivity contribution is 8.00. The van der Waals surface area contributed by atoms with Crippen molar-refractivity contribution < 1.29 is 14.5 Å². The van der Waals surface area contributed by atoms with Gasteiger partial charge in [-0.15, -0.1) is 11.8 Å². The van der Waals surface area contributed by atoms with Gasteiger partial charge < -0.3 is 10.1 Å². The van der Waals surface area contributed by atoms with Crippen molar-refractivity contribution in [3.8, 4) is 5.75 Å². The number of methoxy groups -OCH3 is 1. The van der Waals surface area contributed by atoms with E-state index < -0.39 is 10.2 Å². The van der Waals surface area contributed by atoms with Gasteiger partial charge in [-0.2, -0.15) is 0 Å². The van der Waals surface area contributed by atoms with Gasteiger partial charge in [-0.3, -0.25) is 19.9 Å². The third kappa shape index (κ3) is 4.17. The number of hydrogen-bond acceptors (Lipinski definition) is 6. The van der Waals surface area contributed by atoms with E-state index in [1.807, 2.05) is 30.3 Å². The largest absolute Gasteiger partial charge is 0.495 e. The van der Waals surface area contributed by atoms with Crippen LogP contribution in [0.1, 0.15) is 6.92 Å². The molecule has 0 radical (unpaired) electrons. The van der Waals surface area contributed by atoms with Crippen molar-refractivity contribution in [2.45, 2.75) is 17.1 Å². The molecule has 0 bridgehead atoms. The summed E-state index contributed by atoms with van der Waals surface area (Å²) < 4.78 is 5.18. The molecule has 7 nitrogen and oxygen atoms in total. The molecule has 0 aliphatic carbocycles. The molecule has 0 spiro atoms. The number of rotatable bonds is 6. The molecule has 2 aromatic carbocycles. The summed E-state index contributed by atoms with van der Waals surface area (Å²) in [6.07, 6.45) is 1.71. The maximum atomic E-state index is 12.6. The molecule has 1 heterocycles. The summed E-state index contributed by atoms with van der Waals surface area (Å²) in [6.45, 7) is 1.77. The number of nitrogens with one attached hydrogen (secondary N) is 1. The summed E-state index contributed by atoms with van der Waals surface area (Å²) in [5.41, 5.74) is 0.974. The molecule has 3 rings (SSSR count). The molecule has 1 amide bonds. The molecule has 138 valence electrons. The predicted octanol–water partition coefficient (Wildman–Crippen LogP) is 4.27. The fraction of sp³-hybridized carbons (Fsp3) is 0.158. The summed E-state index contributed by atoms with van der Waals surface area (Å²) in [7, 11) is 1.44. The minimum absolute atomic E-state index is 0.121. The molecule has 27 heavy (non-hydrogen) atoms. The molecular weight excluding hydrogens is 366 g/mol. The first kappa shape index (κ1) is 18.7. The maximum Gasteiger partial charge on any atom is 0.271 e. The zero-order valence-electron chi connectivity index (χ0n) is 14.7. The van der Waals surface area contributed by atoms with Gasteiger partial charge in [-0.05, 0) is 25.1 Å². The van der Waals surface area contributed by atoms with E-state index in [0.717, 1.165) is 15.8 Å². The van der Waals surface area contributed by atoms with E-state index in [9.17, 15) is 14.9 Å². The zero-order chi connectivity index (χ0) is 19.4. The van der Waals surface area contributed by atoms with Crippen LogP contribution in [0.4, 0.5) is 11.4 Å². The summed E-state index contributed by atoms with van der Waals surface area (Å²) >= 11 is 1.38. The van der Waals surface area contributed by atoms with Crippen molar-refractivity contribution >= 4 is 39.9 Å². The SMILES string of the molecule is COc1ccc([N+](=O)[O-])cc1NC(=O)C(C)Sc1cccc2cccnc12. The summed E-state index contributed by atoms with van der Waals surface area (Å²) in [5, 5.41) is 14.2. The number of ether oxygens (including phenoxy) is 1. The van der Waals surface area contributed by atoms with Crippen molar-refractivity contribution in [1.82, 2.24) is 4.98 Å². The highest BCUT2D eigenvalue weighted by atomic mass is 32.2. The number of carbonyl (C=O) groups excluding carboxylic acids is 1. The van der Waals surface area contributed by atoms with Gasteiger partial charge in [0.25, 0.3) is 5.69 Å². The fourth-order valence-corrected chi connectivity index (χ4v) is 3.54. The van der Waals surface area contributed by atoms with Crippen LogP contribution in [-0.2, 0) is 4.79 Å². The van der Waals surface area contributed by atoms with Gasteiger partial charge in [0.15, 0.2) is 0 Å². The Kier molecular flexibility index (Phi) is 5.56. The van der Waals surface area contributed by atoms with Crippen LogP contribution in [0.25, 0.3) is 10.9 Å². The number of nitrogens with zero attached hydrogens (tertiary/aromatic N) is 2. The quantitative estimate of drug-likeness (QED) is 0.388. The summed E-state index contributed by atoms with van der Waals surface area (Å²) in [4.78, 5) is 28.4. The summed E-state index contributed by atoms with van der Waals surface area (Å²) in [5.74, 6) is 0.0738. The van der Waals surface area contributed by atoms with Crippen LogP contribution in [0.2, 0.25) is 0 Å². The number of fused-ring (bicyclic) bond motifs is 1. The van der Waals surface area contributed by atoms with Crippen molar-refractivity contribution in [3.05, 3.63) is 64.8 Å². The highest BCUT2D eigenvalue weighted by Crippen LogP contribution is 2.32. The molecule has 1 atom stereocenters. The Morgan fingerprint density at radius 2 is 2.04 bits per heavy atom. The Morgan fingerprint density at radius 3 is 2.78 bits per heavy atom. The number of para-hydroxylation sites is 1. The third-order valence-corrected chi connectivity index (χ3v) is 5.07. The van der Waals surface area contributed by atoms with Gasteiger partial charge in [0, 0.05) is 28.6 Å². The number of aromatic nitrogens is 1. The fourth-order valence-electron chi connectivity index (χ4n) is 2.56. The van der Waals surface area contributed by atoms with Gasteiger partial charge >= 0.3 is 0 Å². The molecule has 0 aliphatic heterocycles. The molecule has 1 aromatic heterocycles. The van der Waals surface area contributed by atoms with Crippen LogP contribution in [0, 0.1) is 10.1 Å². The minimum atomic E-state index is -0.519. The normalized spacial score (nSPS) is 11.8. The van der Waals surface area contributed by atoms with E-state index in [-0.39, 0.29) is 17.3 Å². The van der Waals surface area contributed by atoms with Crippen molar-refractivity contribution in [2.75, 3.05) is 12.4 Å². The molecule has 1 N–H and O–H groups in total. The van der Waals surface area contributed by atoms with E-state index in [0.29, 0.717) is 5.75 Å². The third-order valence-electron chi connectivity index (χ3n) is 3.92. The number of benzene rings is 2. The van der Waals surface area contributed by atoms with Gasteiger partial charge in [0.05, 0.1) is 28.5 Å². The van der Waals surface area contributed by atoms with Gasteiger partial charge in [0.1, 0.15) is 5.75 Å². The number of nitro benzene ring substituents is 1. The van der Waals surface area contributed by atoms with Crippen LogP contribution in [0.15, 0.2) is 59.6 Å². The average Bonchev–Trinajstić information content (AvgIpc) is 2.68. The Morgan fingerprint density at radius 1 is 1.26 bits per heavy atom. The van der Waals surface area contributed by atoms with E-state index in [4.69, 9.17) is 4.74 Å². The number of thioether (sulfide) groups is 1. The van der Waals surface area contributed by atoms with Crippen molar-refractivity contribution in [3.63, 3.8) is 0 Å². The smallest absolute Gasteiger partial charge is 0.271 e. The minimum Gasteiger partial charge on any atom is -0.495 e. The number of non-ortho nitro benzene ring substituents is 1. The van der Waals surface area contributed by atoms with E-state index >= 15 is 0 Å². The lowest BCUT2D eigenvalue weighted by Crippen LogP contribution is -2.22. The van der Waals surface area contributed by atoms with E-state index in [1.165, 1.54) is 37.1 Å². The molecule has 0 fully saturated rings. The topological polar surface area (TPSA) is 94.4 Å². The number of pyridine rings is 1. The van der Waals surface area contributed by atoms with E-state index in [1.54, 1.807) is 13.1 Å². The Balaban J connectivity index is 1.80. The lowest BCUT2D eigenvalue weighted by Gasteiger charge is -2.15. The average molecular weight is 383 g/mol. The highest BCUT2D eigenvalue weighted by Gasteiger charge is 2.19. The zero-order valence-corrected chi connectivity index (χ0v) is 15.5. The van der Waals surface area contributed by atoms with Crippen LogP contribution < -0.4 is 10.1 Å². The molecule has 0 saturated carbocycles.